The Morgan fingerprint density at radius 3 is 2.33 bits per heavy atom. The second kappa shape index (κ2) is 8.45. The van der Waals surface area contributed by atoms with Gasteiger partial charge < -0.3 is 19.1 Å². The maximum atomic E-state index is 12.5. The average Bonchev–Trinajstić information content (AvgIpc) is 2.62. The van der Waals surface area contributed by atoms with Gasteiger partial charge in [0.25, 0.3) is 5.91 Å². The molecule has 5 nitrogen and oxygen atoms in total. The molecule has 1 amide bonds. The van der Waals surface area contributed by atoms with Gasteiger partial charge in [-0.05, 0) is 36.4 Å². The van der Waals surface area contributed by atoms with E-state index in [1.54, 1.807) is 61.5 Å². The van der Waals surface area contributed by atoms with Crippen LogP contribution in [0.5, 0.6) is 17.2 Å². The van der Waals surface area contributed by atoms with Crippen molar-refractivity contribution < 1.29 is 19.0 Å². The van der Waals surface area contributed by atoms with Crippen molar-refractivity contribution in [2.45, 2.75) is 0 Å². The van der Waals surface area contributed by atoms with E-state index in [-0.39, 0.29) is 5.91 Å². The molecule has 0 N–H and O–H groups in total. The molecule has 0 bridgehead atoms. The molecule has 0 aliphatic rings. The Bertz CT molecular complexity index is 688. The molecular weight excluding hydrogens is 330 g/mol. The van der Waals surface area contributed by atoms with Crippen LogP contribution < -0.4 is 14.2 Å². The van der Waals surface area contributed by atoms with Gasteiger partial charge in [-0.1, -0.05) is 11.6 Å². The van der Waals surface area contributed by atoms with Crippen LogP contribution in [-0.4, -0.2) is 45.2 Å². The van der Waals surface area contributed by atoms with E-state index in [1.807, 2.05) is 0 Å². The zero-order valence-corrected chi connectivity index (χ0v) is 14.7. The van der Waals surface area contributed by atoms with Crippen LogP contribution in [0.25, 0.3) is 0 Å². The van der Waals surface area contributed by atoms with Gasteiger partial charge in [0.2, 0.25) is 0 Å². The Balaban J connectivity index is 1.95. The number of carbonyl (C=O) groups excluding carboxylic acids is 1. The molecule has 0 heterocycles. The fourth-order valence-corrected chi connectivity index (χ4v) is 2.24. The molecule has 24 heavy (non-hydrogen) atoms. The van der Waals surface area contributed by atoms with Crippen LogP contribution in [0.3, 0.4) is 0 Å². The summed E-state index contributed by atoms with van der Waals surface area (Å²) < 4.78 is 16.0. The number of likely N-dealkylation sites (N-methyl/N-ethyl adjacent to an activating group) is 1. The molecule has 0 spiro atoms. The van der Waals surface area contributed by atoms with Gasteiger partial charge >= 0.3 is 0 Å². The van der Waals surface area contributed by atoms with Crippen LogP contribution in [0, 0.1) is 0 Å². The van der Waals surface area contributed by atoms with Gasteiger partial charge in [-0.3, -0.25) is 4.79 Å². The Kier molecular flexibility index (Phi) is 6.32. The fraction of sp³-hybridized carbons (Fsp3) is 0.278. The lowest BCUT2D eigenvalue weighted by molar-refractivity contribution is 0.0770. The van der Waals surface area contributed by atoms with Crippen molar-refractivity contribution in [2.24, 2.45) is 0 Å². The number of halogens is 1. The highest BCUT2D eigenvalue weighted by Crippen LogP contribution is 2.25. The predicted molar refractivity (Wildman–Crippen MR) is 93.5 cm³/mol. The SMILES string of the molecule is COc1ccc(C(=O)N(C)CCOc2ccc(Cl)cc2)c(OC)c1. The molecule has 0 aliphatic heterocycles. The van der Waals surface area contributed by atoms with E-state index in [9.17, 15) is 4.79 Å². The van der Waals surface area contributed by atoms with Crippen molar-refractivity contribution in [3.8, 4) is 17.2 Å². The van der Waals surface area contributed by atoms with Crippen LogP contribution in [0.4, 0.5) is 0 Å². The third-order valence-corrected chi connectivity index (χ3v) is 3.75. The first-order valence-electron chi connectivity index (χ1n) is 7.41. The number of amides is 1. The minimum absolute atomic E-state index is 0.144. The van der Waals surface area contributed by atoms with Gasteiger partial charge in [0, 0.05) is 18.1 Å². The lowest BCUT2D eigenvalue weighted by Gasteiger charge is -2.19. The van der Waals surface area contributed by atoms with E-state index in [2.05, 4.69) is 0 Å². The Hall–Kier alpha value is -2.40. The molecule has 128 valence electrons. The van der Waals surface area contributed by atoms with Crippen molar-refractivity contribution in [1.29, 1.82) is 0 Å². The van der Waals surface area contributed by atoms with Crippen LogP contribution in [0.15, 0.2) is 42.5 Å². The number of methoxy groups -OCH3 is 2. The van der Waals surface area contributed by atoms with E-state index in [4.69, 9.17) is 25.8 Å². The van der Waals surface area contributed by atoms with E-state index in [0.717, 1.165) is 0 Å². The summed E-state index contributed by atoms with van der Waals surface area (Å²) >= 11 is 5.83. The summed E-state index contributed by atoms with van der Waals surface area (Å²) in [5.74, 6) is 1.68. The molecule has 0 aromatic heterocycles. The molecule has 0 fully saturated rings. The number of hydrogen-bond donors (Lipinski definition) is 0. The fourth-order valence-electron chi connectivity index (χ4n) is 2.11. The maximum absolute atomic E-state index is 12.5. The molecule has 0 radical (unpaired) electrons. The predicted octanol–water partition coefficient (Wildman–Crippen LogP) is 3.51. The molecule has 2 aromatic carbocycles. The summed E-state index contributed by atoms with van der Waals surface area (Å²) in [7, 11) is 4.81. The quantitative estimate of drug-likeness (QED) is 0.767. The monoisotopic (exact) mass is 349 g/mol. The Morgan fingerprint density at radius 1 is 1.04 bits per heavy atom. The van der Waals surface area contributed by atoms with Gasteiger partial charge in [0.05, 0.1) is 26.3 Å². The Morgan fingerprint density at radius 2 is 1.71 bits per heavy atom. The summed E-state index contributed by atoms with van der Waals surface area (Å²) in [4.78, 5) is 14.1. The molecule has 0 saturated carbocycles. The Labute approximate surface area is 146 Å². The number of rotatable bonds is 7. The van der Waals surface area contributed by atoms with Gasteiger partial charge in [-0.2, -0.15) is 0 Å². The summed E-state index contributed by atoms with van der Waals surface area (Å²) in [6.45, 7) is 0.818. The molecule has 0 unspecified atom stereocenters. The number of benzene rings is 2. The molecular formula is C18H20ClNO4. The zero-order valence-electron chi connectivity index (χ0n) is 13.9. The minimum Gasteiger partial charge on any atom is -0.497 e. The van der Waals surface area contributed by atoms with Crippen LogP contribution in [0.1, 0.15) is 10.4 Å². The minimum atomic E-state index is -0.144. The van der Waals surface area contributed by atoms with Gasteiger partial charge in [-0.25, -0.2) is 0 Å². The molecule has 6 heteroatoms. The van der Waals surface area contributed by atoms with Crippen molar-refractivity contribution in [3.63, 3.8) is 0 Å². The van der Waals surface area contributed by atoms with Gasteiger partial charge in [-0.15, -0.1) is 0 Å². The maximum Gasteiger partial charge on any atom is 0.257 e. The molecule has 2 rings (SSSR count). The lowest BCUT2D eigenvalue weighted by Crippen LogP contribution is -2.31. The van der Waals surface area contributed by atoms with E-state index >= 15 is 0 Å². The number of nitrogens with zero attached hydrogens (tertiary/aromatic N) is 1. The average molecular weight is 350 g/mol. The highest BCUT2D eigenvalue weighted by Gasteiger charge is 2.17. The van der Waals surface area contributed by atoms with Crippen LogP contribution in [-0.2, 0) is 0 Å². The standard InChI is InChI=1S/C18H20ClNO4/c1-20(10-11-24-14-6-4-13(19)5-7-14)18(21)16-9-8-15(22-2)12-17(16)23-3/h4-9,12H,10-11H2,1-3H3. The zero-order chi connectivity index (χ0) is 17.5. The molecule has 2 aromatic rings. The third kappa shape index (κ3) is 4.55. The normalized spacial score (nSPS) is 10.2. The van der Waals surface area contributed by atoms with Crippen molar-refractivity contribution in [3.05, 3.63) is 53.1 Å². The largest absolute Gasteiger partial charge is 0.497 e. The summed E-state index contributed by atoms with van der Waals surface area (Å²) in [5, 5.41) is 0.654. The van der Waals surface area contributed by atoms with Crippen molar-refractivity contribution >= 4 is 17.5 Å². The van der Waals surface area contributed by atoms with Crippen LogP contribution in [0.2, 0.25) is 5.02 Å². The second-order valence-electron chi connectivity index (χ2n) is 5.10. The van der Waals surface area contributed by atoms with Crippen molar-refractivity contribution in [1.82, 2.24) is 4.90 Å². The smallest absolute Gasteiger partial charge is 0.257 e. The molecule has 0 saturated heterocycles. The first-order chi connectivity index (χ1) is 11.5. The lowest BCUT2D eigenvalue weighted by atomic mass is 10.1. The summed E-state index contributed by atoms with van der Waals surface area (Å²) in [6.07, 6.45) is 0. The van der Waals surface area contributed by atoms with E-state index in [0.29, 0.717) is 41.0 Å². The van der Waals surface area contributed by atoms with E-state index in [1.165, 1.54) is 7.11 Å². The highest BCUT2D eigenvalue weighted by molar-refractivity contribution is 6.30. The first-order valence-corrected chi connectivity index (χ1v) is 7.79. The summed E-state index contributed by atoms with van der Waals surface area (Å²) in [5.41, 5.74) is 0.479. The summed E-state index contributed by atoms with van der Waals surface area (Å²) in [6, 6.07) is 12.2. The highest BCUT2D eigenvalue weighted by atomic mass is 35.5. The second-order valence-corrected chi connectivity index (χ2v) is 5.53. The van der Waals surface area contributed by atoms with Crippen LogP contribution >= 0.6 is 11.6 Å². The first kappa shape index (κ1) is 17.9. The molecule has 0 aliphatic carbocycles. The topological polar surface area (TPSA) is 48.0 Å². The van der Waals surface area contributed by atoms with E-state index < -0.39 is 0 Å². The van der Waals surface area contributed by atoms with Crippen molar-refractivity contribution in [2.75, 3.05) is 34.4 Å². The number of ether oxygens (including phenoxy) is 3. The van der Waals surface area contributed by atoms with Gasteiger partial charge in [0.15, 0.2) is 0 Å². The molecule has 0 atom stereocenters. The van der Waals surface area contributed by atoms with Gasteiger partial charge in [0.1, 0.15) is 23.9 Å². The third-order valence-electron chi connectivity index (χ3n) is 3.49. The number of carbonyl (C=O) groups is 1. The number of hydrogen-bond acceptors (Lipinski definition) is 4.